The van der Waals surface area contributed by atoms with Crippen LogP contribution in [0.4, 0.5) is 0 Å². The molecule has 0 spiro atoms. The van der Waals surface area contributed by atoms with Crippen LogP contribution in [0.5, 0.6) is 5.75 Å². The number of ether oxygens (including phenoxy) is 1. The summed E-state index contributed by atoms with van der Waals surface area (Å²) in [5.41, 5.74) is 9.15. The maximum absolute atomic E-state index is 9.68. The van der Waals surface area contributed by atoms with Crippen molar-refractivity contribution in [3.8, 4) is 5.75 Å². The molecule has 3 N–H and O–H groups in total. The molecule has 2 unspecified atom stereocenters. The van der Waals surface area contributed by atoms with Crippen molar-refractivity contribution in [3.05, 3.63) is 28.8 Å². The van der Waals surface area contributed by atoms with Gasteiger partial charge in [0.15, 0.2) is 0 Å². The predicted octanol–water partition coefficient (Wildman–Crippen LogP) is 0.920. The summed E-state index contributed by atoms with van der Waals surface area (Å²) in [6.07, 6.45) is 0.126. The molecule has 3 nitrogen and oxygen atoms in total. The average molecular weight is 193 g/mol. The van der Waals surface area contributed by atoms with Gasteiger partial charge in [-0.2, -0.15) is 0 Å². The summed E-state index contributed by atoms with van der Waals surface area (Å²) >= 11 is 0. The van der Waals surface area contributed by atoms with Crippen molar-refractivity contribution in [1.29, 1.82) is 0 Å². The molecule has 1 aliphatic carbocycles. The van der Waals surface area contributed by atoms with E-state index < -0.39 is 6.10 Å². The summed E-state index contributed by atoms with van der Waals surface area (Å²) < 4.78 is 5.24. The van der Waals surface area contributed by atoms with E-state index in [2.05, 4.69) is 0 Å². The molecule has 0 aromatic heterocycles. The zero-order chi connectivity index (χ0) is 10.3. The molecule has 76 valence electrons. The molecule has 0 amide bonds. The SMILES string of the molecule is COc1ccc(C)c2c1CC(O)C2N. The molecule has 14 heavy (non-hydrogen) atoms. The molecule has 0 radical (unpaired) electrons. The fourth-order valence-electron chi connectivity index (χ4n) is 2.16. The molecule has 2 atom stereocenters. The van der Waals surface area contributed by atoms with Crippen molar-refractivity contribution < 1.29 is 9.84 Å². The van der Waals surface area contributed by atoms with Crippen molar-refractivity contribution in [1.82, 2.24) is 0 Å². The average Bonchev–Trinajstić information content (AvgIpc) is 2.45. The van der Waals surface area contributed by atoms with Crippen molar-refractivity contribution in [2.75, 3.05) is 7.11 Å². The van der Waals surface area contributed by atoms with Gasteiger partial charge in [0, 0.05) is 12.0 Å². The normalized spacial score (nSPS) is 24.9. The van der Waals surface area contributed by atoms with Gasteiger partial charge in [0.05, 0.1) is 19.3 Å². The Bertz CT molecular complexity index is 363. The quantitative estimate of drug-likeness (QED) is 0.697. The molecule has 0 bridgehead atoms. The van der Waals surface area contributed by atoms with E-state index in [1.54, 1.807) is 7.11 Å². The Balaban J connectivity index is 2.58. The van der Waals surface area contributed by atoms with E-state index in [-0.39, 0.29) is 6.04 Å². The van der Waals surface area contributed by atoms with Gasteiger partial charge in [0.2, 0.25) is 0 Å². The minimum Gasteiger partial charge on any atom is -0.496 e. The van der Waals surface area contributed by atoms with Crippen LogP contribution in [0.15, 0.2) is 12.1 Å². The lowest BCUT2D eigenvalue weighted by Gasteiger charge is -2.12. The van der Waals surface area contributed by atoms with Gasteiger partial charge in [0.1, 0.15) is 5.75 Å². The third kappa shape index (κ3) is 1.21. The molecule has 0 heterocycles. The van der Waals surface area contributed by atoms with E-state index in [0.717, 1.165) is 22.4 Å². The standard InChI is InChI=1S/C11H15NO2/c1-6-3-4-9(14-2)7-5-8(13)11(12)10(6)7/h3-4,8,11,13H,5,12H2,1-2H3. The highest BCUT2D eigenvalue weighted by molar-refractivity contribution is 5.50. The van der Waals surface area contributed by atoms with Gasteiger partial charge in [-0.25, -0.2) is 0 Å². The number of benzene rings is 1. The van der Waals surface area contributed by atoms with Gasteiger partial charge in [-0.05, 0) is 24.1 Å². The lowest BCUT2D eigenvalue weighted by atomic mass is 10.0. The second-order valence-corrected chi connectivity index (χ2v) is 3.77. The van der Waals surface area contributed by atoms with Crippen LogP contribution in [0.3, 0.4) is 0 Å². The molecule has 0 saturated carbocycles. The maximum atomic E-state index is 9.68. The highest BCUT2D eigenvalue weighted by Gasteiger charge is 2.31. The molecular formula is C11H15NO2. The van der Waals surface area contributed by atoms with Gasteiger partial charge in [-0.15, -0.1) is 0 Å². The molecule has 0 fully saturated rings. The highest BCUT2D eigenvalue weighted by Crippen LogP contribution is 2.37. The first-order chi connectivity index (χ1) is 6.65. The van der Waals surface area contributed by atoms with Gasteiger partial charge in [-0.3, -0.25) is 0 Å². The Hall–Kier alpha value is -1.06. The first kappa shape index (κ1) is 9.49. The molecule has 2 rings (SSSR count). The molecule has 1 aromatic carbocycles. The second kappa shape index (κ2) is 3.26. The van der Waals surface area contributed by atoms with Gasteiger partial charge in [-0.1, -0.05) is 6.07 Å². The molecule has 3 heteroatoms. The number of rotatable bonds is 1. The number of hydrogen-bond acceptors (Lipinski definition) is 3. The Morgan fingerprint density at radius 2 is 2.21 bits per heavy atom. The lowest BCUT2D eigenvalue weighted by molar-refractivity contribution is 0.158. The zero-order valence-electron chi connectivity index (χ0n) is 8.45. The molecular weight excluding hydrogens is 178 g/mol. The van der Waals surface area contributed by atoms with Crippen molar-refractivity contribution in [2.45, 2.75) is 25.5 Å². The van der Waals surface area contributed by atoms with Crippen molar-refractivity contribution >= 4 is 0 Å². The van der Waals surface area contributed by atoms with E-state index in [0.29, 0.717) is 6.42 Å². The monoisotopic (exact) mass is 193 g/mol. The molecule has 1 aromatic rings. The summed E-state index contributed by atoms with van der Waals surface area (Å²) in [4.78, 5) is 0. The van der Waals surface area contributed by atoms with Crippen LogP contribution in [0, 0.1) is 6.92 Å². The largest absolute Gasteiger partial charge is 0.496 e. The molecule has 1 aliphatic rings. The van der Waals surface area contributed by atoms with Crippen molar-refractivity contribution in [3.63, 3.8) is 0 Å². The summed E-state index contributed by atoms with van der Waals surface area (Å²) in [7, 11) is 1.64. The lowest BCUT2D eigenvalue weighted by Crippen LogP contribution is -2.21. The van der Waals surface area contributed by atoms with E-state index in [1.165, 1.54) is 0 Å². The van der Waals surface area contributed by atoms with E-state index in [4.69, 9.17) is 10.5 Å². The fraction of sp³-hybridized carbons (Fsp3) is 0.455. The number of methoxy groups -OCH3 is 1. The van der Waals surface area contributed by atoms with Crippen LogP contribution in [0.25, 0.3) is 0 Å². The summed E-state index contributed by atoms with van der Waals surface area (Å²) in [6, 6.07) is 3.65. The van der Waals surface area contributed by atoms with E-state index in [9.17, 15) is 5.11 Å². The smallest absolute Gasteiger partial charge is 0.122 e. The number of aliphatic hydroxyl groups excluding tert-OH is 1. The molecule has 0 aliphatic heterocycles. The third-order valence-electron chi connectivity index (χ3n) is 2.91. The van der Waals surface area contributed by atoms with Crippen LogP contribution >= 0.6 is 0 Å². The minimum atomic E-state index is -0.472. The number of aliphatic hydroxyl groups is 1. The number of aryl methyl sites for hydroxylation is 1. The van der Waals surface area contributed by atoms with E-state index in [1.807, 2.05) is 19.1 Å². The van der Waals surface area contributed by atoms with Crippen LogP contribution in [-0.2, 0) is 6.42 Å². The molecule has 0 saturated heterocycles. The van der Waals surface area contributed by atoms with Gasteiger partial charge >= 0.3 is 0 Å². The maximum Gasteiger partial charge on any atom is 0.122 e. The first-order valence-corrected chi connectivity index (χ1v) is 4.75. The Kier molecular flexibility index (Phi) is 2.21. The number of fused-ring (bicyclic) bond motifs is 1. The first-order valence-electron chi connectivity index (χ1n) is 4.75. The Morgan fingerprint density at radius 1 is 1.50 bits per heavy atom. The second-order valence-electron chi connectivity index (χ2n) is 3.77. The van der Waals surface area contributed by atoms with E-state index >= 15 is 0 Å². The third-order valence-corrected chi connectivity index (χ3v) is 2.91. The van der Waals surface area contributed by atoms with Crippen LogP contribution < -0.4 is 10.5 Å². The topological polar surface area (TPSA) is 55.5 Å². The van der Waals surface area contributed by atoms with Gasteiger partial charge < -0.3 is 15.6 Å². The Labute approximate surface area is 83.5 Å². The van der Waals surface area contributed by atoms with Gasteiger partial charge in [0.25, 0.3) is 0 Å². The van der Waals surface area contributed by atoms with Crippen LogP contribution in [0.1, 0.15) is 22.7 Å². The summed E-state index contributed by atoms with van der Waals surface area (Å²) in [5, 5.41) is 9.68. The number of nitrogens with two attached hydrogens (primary N) is 1. The predicted molar refractivity (Wildman–Crippen MR) is 54.4 cm³/mol. The van der Waals surface area contributed by atoms with Crippen LogP contribution in [-0.4, -0.2) is 18.3 Å². The number of hydrogen-bond donors (Lipinski definition) is 2. The summed E-state index contributed by atoms with van der Waals surface area (Å²) in [5.74, 6) is 0.831. The Morgan fingerprint density at radius 3 is 2.86 bits per heavy atom. The summed E-state index contributed by atoms with van der Waals surface area (Å²) in [6.45, 7) is 2.01. The minimum absolute atomic E-state index is 0.264. The highest BCUT2D eigenvalue weighted by atomic mass is 16.5. The van der Waals surface area contributed by atoms with Crippen LogP contribution in [0.2, 0.25) is 0 Å². The fourth-order valence-corrected chi connectivity index (χ4v) is 2.16. The van der Waals surface area contributed by atoms with Crippen molar-refractivity contribution in [2.24, 2.45) is 5.73 Å². The zero-order valence-corrected chi connectivity index (χ0v) is 8.45.